The molecule has 0 atom stereocenters. The van der Waals surface area contributed by atoms with E-state index in [1.807, 2.05) is 25.4 Å². The smallest absolute Gasteiger partial charge is 0.257 e. The third-order valence-electron chi connectivity index (χ3n) is 3.03. The minimum atomic E-state index is -0.182. The van der Waals surface area contributed by atoms with Crippen molar-refractivity contribution in [1.29, 1.82) is 0 Å². The standard InChI is InChI=1S/C14H13N5O/c1-19-7-6-15-14(19)18-13(20)11-4-2-10(3-5-11)12-8-16-17-9-12/h2-9H,1H3,(H,16,17)(H,15,18,20). The van der Waals surface area contributed by atoms with Gasteiger partial charge in [0.15, 0.2) is 0 Å². The Morgan fingerprint density at radius 3 is 2.65 bits per heavy atom. The first-order chi connectivity index (χ1) is 9.74. The third kappa shape index (κ3) is 2.31. The van der Waals surface area contributed by atoms with Gasteiger partial charge in [0.2, 0.25) is 5.95 Å². The molecule has 100 valence electrons. The number of nitrogens with zero attached hydrogens (tertiary/aromatic N) is 3. The van der Waals surface area contributed by atoms with E-state index in [2.05, 4.69) is 20.5 Å². The molecule has 0 unspecified atom stereocenters. The van der Waals surface area contributed by atoms with E-state index in [0.29, 0.717) is 11.5 Å². The van der Waals surface area contributed by atoms with Gasteiger partial charge in [0.1, 0.15) is 0 Å². The molecule has 0 aliphatic heterocycles. The van der Waals surface area contributed by atoms with Gasteiger partial charge in [-0.3, -0.25) is 15.2 Å². The lowest BCUT2D eigenvalue weighted by molar-refractivity contribution is 0.102. The molecule has 20 heavy (non-hydrogen) atoms. The van der Waals surface area contributed by atoms with Crippen molar-refractivity contribution in [1.82, 2.24) is 19.7 Å². The number of aromatic nitrogens is 4. The highest BCUT2D eigenvalue weighted by molar-refractivity contribution is 6.03. The van der Waals surface area contributed by atoms with Gasteiger partial charge in [-0.05, 0) is 17.7 Å². The summed E-state index contributed by atoms with van der Waals surface area (Å²) in [4.78, 5) is 16.1. The summed E-state index contributed by atoms with van der Waals surface area (Å²) in [5.74, 6) is 0.340. The lowest BCUT2D eigenvalue weighted by Crippen LogP contribution is -2.14. The Morgan fingerprint density at radius 2 is 2.05 bits per heavy atom. The number of carbonyl (C=O) groups excluding carboxylic acids is 1. The molecule has 2 heterocycles. The van der Waals surface area contributed by atoms with E-state index >= 15 is 0 Å². The van der Waals surface area contributed by atoms with Gasteiger partial charge in [-0.15, -0.1) is 0 Å². The van der Waals surface area contributed by atoms with Crippen molar-refractivity contribution in [3.8, 4) is 11.1 Å². The fourth-order valence-electron chi connectivity index (χ4n) is 1.88. The van der Waals surface area contributed by atoms with E-state index in [9.17, 15) is 4.79 Å². The first-order valence-corrected chi connectivity index (χ1v) is 6.12. The normalized spacial score (nSPS) is 10.4. The van der Waals surface area contributed by atoms with Crippen molar-refractivity contribution >= 4 is 11.9 Å². The van der Waals surface area contributed by atoms with Crippen LogP contribution >= 0.6 is 0 Å². The van der Waals surface area contributed by atoms with E-state index in [-0.39, 0.29) is 5.91 Å². The van der Waals surface area contributed by atoms with Gasteiger partial charge in [-0.1, -0.05) is 12.1 Å². The summed E-state index contributed by atoms with van der Waals surface area (Å²) in [5.41, 5.74) is 2.58. The average Bonchev–Trinajstić information content (AvgIpc) is 3.12. The molecule has 3 rings (SSSR count). The summed E-state index contributed by atoms with van der Waals surface area (Å²) < 4.78 is 1.75. The minimum absolute atomic E-state index is 0.182. The van der Waals surface area contributed by atoms with Crippen LogP contribution < -0.4 is 5.32 Å². The van der Waals surface area contributed by atoms with Crippen LogP contribution in [-0.4, -0.2) is 25.7 Å². The van der Waals surface area contributed by atoms with Gasteiger partial charge in [0.05, 0.1) is 6.20 Å². The third-order valence-corrected chi connectivity index (χ3v) is 3.03. The molecule has 6 heteroatoms. The fourth-order valence-corrected chi connectivity index (χ4v) is 1.88. The van der Waals surface area contributed by atoms with E-state index in [1.54, 1.807) is 35.3 Å². The zero-order chi connectivity index (χ0) is 13.9. The number of hydrogen-bond acceptors (Lipinski definition) is 3. The van der Waals surface area contributed by atoms with Crippen LogP contribution in [0, 0.1) is 0 Å². The van der Waals surface area contributed by atoms with Crippen molar-refractivity contribution in [3.05, 3.63) is 54.6 Å². The highest BCUT2D eigenvalue weighted by atomic mass is 16.1. The first-order valence-electron chi connectivity index (χ1n) is 6.12. The number of benzene rings is 1. The maximum atomic E-state index is 12.1. The van der Waals surface area contributed by atoms with Crippen LogP contribution in [0.15, 0.2) is 49.1 Å². The predicted octanol–water partition coefficient (Wildman–Crippen LogP) is 2.06. The molecular weight excluding hydrogens is 254 g/mol. The predicted molar refractivity (Wildman–Crippen MR) is 75.2 cm³/mol. The SMILES string of the molecule is Cn1ccnc1NC(=O)c1ccc(-c2cn[nH]c2)cc1. The second-order valence-electron chi connectivity index (χ2n) is 4.38. The quantitative estimate of drug-likeness (QED) is 0.762. The molecule has 1 amide bonds. The van der Waals surface area contributed by atoms with Gasteiger partial charge in [-0.25, -0.2) is 4.98 Å². The zero-order valence-electron chi connectivity index (χ0n) is 10.9. The van der Waals surface area contributed by atoms with Gasteiger partial charge in [0, 0.05) is 36.8 Å². The molecule has 0 saturated carbocycles. The second kappa shape index (κ2) is 5.00. The number of H-pyrrole nitrogens is 1. The fraction of sp³-hybridized carbons (Fsp3) is 0.0714. The Kier molecular flexibility index (Phi) is 3.04. The highest BCUT2D eigenvalue weighted by Crippen LogP contribution is 2.18. The molecule has 2 N–H and O–H groups in total. The number of anilines is 1. The van der Waals surface area contributed by atoms with E-state index in [4.69, 9.17) is 0 Å². The summed E-state index contributed by atoms with van der Waals surface area (Å²) in [6.45, 7) is 0. The molecule has 1 aromatic carbocycles. The molecule has 3 aromatic rings. The number of amides is 1. The van der Waals surface area contributed by atoms with Crippen LogP contribution in [0.3, 0.4) is 0 Å². The van der Waals surface area contributed by atoms with Crippen molar-refractivity contribution in [2.75, 3.05) is 5.32 Å². The summed E-state index contributed by atoms with van der Waals surface area (Å²) in [7, 11) is 1.82. The van der Waals surface area contributed by atoms with Crippen LogP contribution in [0.5, 0.6) is 0 Å². The van der Waals surface area contributed by atoms with Crippen LogP contribution in [-0.2, 0) is 7.05 Å². The van der Waals surface area contributed by atoms with Crippen LogP contribution in [0.4, 0.5) is 5.95 Å². The Morgan fingerprint density at radius 1 is 1.25 bits per heavy atom. The molecule has 0 saturated heterocycles. The van der Waals surface area contributed by atoms with E-state index < -0.39 is 0 Å². The van der Waals surface area contributed by atoms with Crippen molar-refractivity contribution in [2.24, 2.45) is 7.05 Å². The van der Waals surface area contributed by atoms with Gasteiger partial charge < -0.3 is 4.57 Å². The van der Waals surface area contributed by atoms with Crippen molar-refractivity contribution in [2.45, 2.75) is 0 Å². The molecule has 0 aliphatic rings. The summed E-state index contributed by atoms with van der Waals surface area (Å²) >= 11 is 0. The zero-order valence-corrected chi connectivity index (χ0v) is 10.9. The van der Waals surface area contributed by atoms with Crippen LogP contribution in [0.25, 0.3) is 11.1 Å². The van der Waals surface area contributed by atoms with Crippen molar-refractivity contribution in [3.63, 3.8) is 0 Å². The van der Waals surface area contributed by atoms with E-state index in [1.165, 1.54) is 0 Å². The topological polar surface area (TPSA) is 75.6 Å². The van der Waals surface area contributed by atoms with E-state index in [0.717, 1.165) is 11.1 Å². The van der Waals surface area contributed by atoms with Crippen LogP contribution in [0.1, 0.15) is 10.4 Å². The molecule has 2 aromatic heterocycles. The van der Waals surface area contributed by atoms with Gasteiger partial charge in [-0.2, -0.15) is 5.10 Å². The number of aromatic amines is 1. The minimum Gasteiger partial charge on any atom is -0.320 e. The number of imidazole rings is 1. The molecule has 0 aliphatic carbocycles. The number of nitrogens with one attached hydrogen (secondary N) is 2. The second-order valence-corrected chi connectivity index (χ2v) is 4.38. The number of hydrogen-bond donors (Lipinski definition) is 2. The Bertz CT molecular complexity index is 712. The summed E-state index contributed by atoms with van der Waals surface area (Å²) in [6, 6.07) is 7.33. The van der Waals surface area contributed by atoms with Gasteiger partial charge >= 0.3 is 0 Å². The monoisotopic (exact) mass is 267 g/mol. The Labute approximate surface area is 115 Å². The molecule has 0 spiro atoms. The summed E-state index contributed by atoms with van der Waals surface area (Å²) in [5, 5.41) is 9.42. The highest BCUT2D eigenvalue weighted by Gasteiger charge is 2.09. The van der Waals surface area contributed by atoms with Crippen molar-refractivity contribution < 1.29 is 4.79 Å². The maximum absolute atomic E-state index is 12.1. The maximum Gasteiger partial charge on any atom is 0.257 e. The molecular formula is C14H13N5O. The van der Waals surface area contributed by atoms with Crippen LogP contribution in [0.2, 0.25) is 0 Å². The molecule has 0 fully saturated rings. The summed E-state index contributed by atoms with van der Waals surface area (Å²) in [6.07, 6.45) is 6.96. The van der Waals surface area contributed by atoms with Gasteiger partial charge in [0.25, 0.3) is 5.91 Å². The molecule has 0 radical (unpaired) electrons. The number of carbonyl (C=O) groups is 1. The Hall–Kier alpha value is -2.89. The Balaban J connectivity index is 1.78. The number of aryl methyl sites for hydroxylation is 1. The largest absolute Gasteiger partial charge is 0.320 e. The average molecular weight is 267 g/mol. The molecule has 6 nitrogen and oxygen atoms in total. The first kappa shape index (κ1) is 12.2. The molecule has 0 bridgehead atoms. The lowest BCUT2D eigenvalue weighted by atomic mass is 10.1. The lowest BCUT2D eigenvalue weighted by Gasteiger charge is -2.05. The number of rotatable bonds is 3.